The molecule has 10 heteroatoms. The average Bonchev–Trinajstić information content (AvgIpc) is 3.46. The molecule has 1 aromatic heterocycles. The number of thiazole rings is 1. The van der Waals surface area contributed by atoms with Gasteiger partial charge in [-0.05, 0) is 61.7 Å². The third kappa shape index (κ3) is 5.65. The van der Waals surface area contributed by atoms with Crippen LogP contribution in [0.5, 0.6) is 11.5 Å². The van der Waals surface area contributed by atoms with E-state index in [4.69, 9.17) is 14.2 Å². The molecule has 9 nitrogen and oxygen atoms in total. The van der Waals surface area contributed by atoms with Crippen molar-refractivity contribution < 1.29 is 33.7 Å². The number of nitrogens with zero attached hydrogens (tertiary/aromatic N) is 2. The summed E-state index contributed by atoms with van der Waals surface area (Å²) in [4.78, 5) is 45.0. The molecule has 1 unspecified atom stereocenters. The number of aromatic nitrogens is 1. The van der Waals surface area contributed by atoms with E-state index < -0.39 is 23.7 Å². The molecule has 0 radical (unpaired) electrons. The number of carbonyl (C=O) groups is 3. The molecular weight excluding hydrogens is 520 g/mol. The van der Waals surface area contributed by atoms with Crippen molar-refractivity contribution in [2.24, 2.45) is 0 Å². The summed E-state index contributed by atoms with van der Waals surface area (Å²) >= 11 is 0.946. The highest BCUT2D eigenvalue weighted by Gasteiger charge is 2.48. The fourth-order valence-electron chi connectivity index (χ4n) is 4.19. The van der Waals surface area contributed by atoms with Crippen molar-refractivity contribution in [2.45, 2.75) is 39.7 Å². The number of ketones is 1. The summed E-state index contributed by atoms with van der Waals surface area (Å²) in [6.07, 6.45) is 1.65. The smallest absolute Gasteiger partial charge is 0.350 e. The Hall–Kier alpha value is -4.18. The second-order valence-corrected chi connectivity index (χ2v) is 9.84. The molecule has 2 aromatic carbocycles. The summed E-state index contributed by atoms with van der Waals surface area (Å²) in [6, 6.07) is 12.7. The van der Waals surface area contributed by atoms with E-state index in [1.54, 1.807) is 55.5 Å². The molecule has 4 rings (SSSR count). The summed E-state index contributed by atoms with van der Waals surface area (Å²) in [5, 5.41) is 11.5. The zero-order chi connectivity index (χ0) is 28.1. The standard InChI is InChI=1S/C29H30N2O7S/c1-5-14-37-20-12-10-18(11-13-20)24(32)22-23(19-8-7-9-21(16-19)38-15-6-2)31(27(34)25(22)33)29-30-17(3)26(39-29)28(35)36-4/h7-13,16,23,32H,5-6,14-15H2,1-4H3. The highest BCUT2D eigenvalue weighted by atomic mass is 32.1. The predicted molar refractivity (Wildman–Crippen MR) is 147 cm³/mol. The molecule has 3 aromatic rings. The van der Waals surface area contributed by atoms with Gasteiger partial charge in [-0.25, -0.2) is 9.78 Å². The van der Waals surface area contributed by atoms with Gasteiger partial charge in [-0.1, -0.05) is 37.3 Å². The van der Waals surface area contributed by atoms with Crippen LogP contribution in [0.2, 0.25) is 0 Å². The molecule has 1 atom stereocenters. The van der Waals surface area contributed by atoms with Crippen LogP contribution >= 0.6 is 11.3 Å². The van der Waals surface area contributed by atoms with Crippen molar-refractivity contribution in [1.82, 2.24) is 4.98 Å². The maximum atomic E-state index is 13.5. The molecule has 0 bridgehead atoms. The van der Waals surface area contributed by atoms with E-state index in [1.807, 2.05) is 13.8 Å². The lowest BCUT2D eigenvalue weighted by Gasteiger charge is -2.23. The van der Waals surface area contributed by atoms with Gasteiger partial charge in [0.15, 0.2) is 5.13 Å². The van der Waals surface area contributed by atoms with Gasteiger partial charge in [-0.2, -0.15) is 0 Å². The molecule has 1 saturated heterocycles. The minimum Gasteiger partial charge on any atom is -0.507 e. The summed E-state index contributed by atoms with van der Waals surface area (Å²) < 4.78 is 16.3. The van der Waals surface area contributed by atoms with Crippen molar-refractivity contribution in [3.05, 3.63) is 75.8 Å². The summed E-state index contributed by atoms with van der Waals surface area (Å²) in [5.74, 6) is -1.47. The number of anilines is 1. The van der Waals surface area contributed by atoms with Gasteiger partial charge < -0.3 is 19.3 Å². The molecule has 1 fully saturated rings. The maximum absolute atomic E-state index is 13.5. The molecule has 204 valence electrons. The first-order chi connectivity index (χ1) is 18.8. The Morgan fingerprint density at radius 3 is 2.33 bits per heavy atom. The number of hydrogen-bond acceptors (Lipinski definition) is 9. The largest absolute Gasteiger partial charge is 0.507 e. The van der Waals surface area contributed by atoms with Crippen LogP contribution in [0.3, 0.4) is 0 Å². The van der Waals surface area contributed by atoms with Crippen LogP contribution in [0.15, 0.2) is 54.1 Å². The van der Waals surface area contributed by atoms with Crippen LogP contribution in [0.4, 0.5) is 5.13 Å². The van der Waals surface area contributed by atoms with Gasteiger partial charge in [-0.3, -0.25) is 14.5 Å². The van der Waals surface area contributed by atoms with Crippen LogP contribution in [-0.4, -0.2) is 48.1 Å². The van der Waals surface area contributed by atoms with Crippen LogP contribution in [0.1, 0.15) is 59.2 Å². The number of amides is 1. The number of esters is 1. The van der Waals surface area contributed by atoms with E-state index in [2.05, 4.69) is 4.98 Å². The molecule has 0 saturated carbocycles. The molecule has 0 spiro atoms. The van der Waals surface area contributed by atoms with Crippen molar-refractivity contribution in [2.75, 3.05) is 25.2 Å². The number of rotatable bonds is 10. The normalized spacial score (nSPS) is 16.4. The summed E-state index contributed by atoms with van der Waals surface area (Å²) in [7, 11) is 1.26. The first kappa shape index (κ1) is 27.8. The van der Waals surface area contributed by atoms with Crippen molar-refractivity contribution >= 4 is 39.9 Å². The fourth-order valence-corrected chi connectivity index (χ4v) is 5.20. The molecule has 1 N–H and O–H groups in total. The second kappa shape index (κ2) is 12.1. The SMILES string of the molecule is CCCOc1ccc(C(O)=C2C(=O)C(=O)N(c3nc(C)c(C(=O)OC)s3)C2c2cccc(OCCC)c2)cc1. The Kier molecular flexibility index (Phi) is 8.65. The Bertz CT molecular complexity index is 1410. The van der Waals surface area contributed by atoms with E-state index in [-0.39, 0.29) is 21.3 Å². The van der Waals surface area contributed by atoms with Crippen molar-refractivity contribution in [1.29, 1.82) is 0 Å². The molecule has 1 aliphatic heterocycles. The highest BCUT2D eigenvalue weighted by Crippen LogP contribution is 2.44. The van der Waals surface area contributed by atoms with Gasteiger partial charge >= 0.3 is 11.9 Å². The summed E-state index contributed by atoms with van der Waals surface area (Å²) in [6.45, 7) is 6.65. The number of benzene rings is 2. The Morgan fingerprint density at radius 2 is 1.69 bits per heavy atom. The van der Waals surface area contributed by atoms with Crippen LogP contribution in [0.25, 0.3) is 5.76 Å². The number of ether oxygens (including phenoxy) is 3. The van der Waals surface area contributed by atoms with Crippen LogP contribution < -0.4 is 14.4 Å². The first-order valence-corrected chi connectivity index (χ1v) is 13.4. The number of methoxy groups -OCH3 is 1. The first-order valence-electron chi connectivity index (χ1n) is 12.6. The Labute approximate surface area is 230 Å². The van der Waals surface area contributed by atoms with E-state index in [9.17, 15) is 19.5 Å². The lowest BCUT2D eigenvalue weighted by molar-refractivity contribution is -0.132. The molecule has 1 amide bonds. The minimum absolute atomic E-state index is 0.0951. The fraction of sp³-hybridized carbons (Fsp3) is 0.310. The van der Waals surface area contributed by atoms with Crippen LogP contribution in [-0.2, 0) is 14.3 Å². The number of Topliss-reactive ketones (excluding diaryl/α,β-unsaturated/α-hetero) is 1. The average molecular weight is 551 g/mol. The lowest BCUT2D eigenvalue weighted by Crippen LogP contribution is -2.29. The number of hydrogen-bond donors (Lipinski definition) is 1. The maximum Gasteiger partial charge on any atom is 0.350 e. The quantitative estimate of drug-likeness (QED) is 0.154. The summed E-state index contributed by atoms with van der Waals surface area (Å²) in [5.41, 5.74) is 1.16. The van der Waals surface area contributed by atoms with E-state index >= 15 is 0 Å². The van der Waals surface area contributed by atoms with Gasteiger partial charge in [0.05, 0.1) is 37.6 Å². The zero-order valence-corrected chi connectivity index (χ0v) is 23.0. The third-order valence-electron chi connectivity index (χ3n) is 6.05. The number of carbonyl (C=O) groups excluding carboxylic acids is 3. The van der Waals surface area contributed by atoms with Gasteiger partial charge in [0.2, 0.25) is 0 Å². The second-order valence-electron chi connectivity index (χ2n) is 8.87. The zero-order valence-electron chi connectivity index (χ0n) is 22.2. The number of aryl methyl sites for hydroxylation is 1. The van der Waals surface area contributed by atoms with Crippen molar-refractivity contribution in [3.8, 4) is 11.5 Å². The van der Waals surface area contributed by atoms with Crippen LogP contribution in [0, 0.1) is 6.92 Å². The molecule has 0 aliphatic carbocycles. The topological polar surface area (TPSA) is 115 Å². The van der Waals surface area contributed by atoms with E-state index in [0.29, 0.717) is 41.5 Å². The predicted octanol–water partition coefficient (Wildman–Crippen LogP) is 5.44. The van der Waals surface area contributed by atoms with Crippen molar-refractivity contribution in [3.63, 3.8) is 0 Å². The van der Waals surface area contributed by atoms with Gasteiger partial charge in [0, 0.05) is 5.56 Å². The number of aliphatic hydroxyl groups excluding tert-OH is 1. The molecular formula is C29H30N2O7S. The minimum atomic E-state index is -1.01. The van der Waals surface area contributed by atoms with E-state index in [1.165, 1.54) is 12.0 Å². The van der Waals surface area contributed by atoms with Gasteiger partial charge in [0.25, 0.3) is 5.78 Å². The molecule has 39 heavy (non-hydrogen) atoms. The third-order valence-corrected chi connectivity index (χ3v) is 7.19. The molecule has 1 aliphatic rings. The Morgan fingerprint density at radius 1 is 1.03 bits per heavy atom. The monoisotopic (exact) mass is 550 g/mol. The number of aliphatic hydroxyl groups is 1. The van der Waals surface area contributed by atoms with Gasteiger partial charge in [-0.15, -0.1) is 0 Å². The molecule has 2 heterocycles. The highest BCUT2D eigenvalue weighted by molar-refractivity contribution is 7.17. The van der Waals surface area contributed by atoms with E-state index in [0.717, 1.165) is 24.2 Å². The Balaban J connectivity index is 1.86. The lowest BCUT2D eigenvalue weighted by atomic mass is 9.95. The van der Waals surface area contributed by atoms with Gasteiger partial charge in [0.1, 0.15) is 22.1 Å².